The minimum absolute atomic E-state index is 0.270. The molecule has 3 nitrogen and oxygen atoms in total. The van der Waals surface area contributed by atoms with Gasteiger partial charge in [0.05, 0.1) is 11.1 Å². The SMILES string of the molecule is CC1(C)N=C(c2ccccc2)N(c2ccc(-c3c4ccccc4c(-c4ccc5ccccc5c4)c4ccccc34)cn2)C1(C)C. The van der Waals surface area contributed by atoms with Gasteiger partial charge in [0, 0.05) is 17.3 Å². The summed E-state index contributed by atoms with van der Waals surface area (Å²) in [6, 6.07) is 47.9. The fourth-order valence-corrected chi connectivity index (χ4v) is 6.93. The first-order chi connectivity index (χ1) is 21.8. The van der Waals surface area contributed by atoms with Gasteiger partial charge in [0.1, 0.15) is 11.7 Å². The van der Waals surface area contributed by atoms with Gasteiger partial charge in [-0.3, -0.25) is 4.99 Å². The van der Waals surface area contributed by atoms with Crippen LogP contribution in [0.2, 0.25) is 0 Å². The van der Waals surface area contributed by atoms with Gasteiger partial charge >= 0.3 is 0 Å². The minimum atomic E-state index is -0.288. The van der Waals surface area contributed by atoms with E-state index in [4.69, 9.17) is 9.98 Å². The molecule has 3 heteroatoms. The lowest BCUT2D eigenvalue weighted by atomic mass is 9.83. The number of nitrogens with zero attached hydrogens (tertiary/aromatic N) is 3. The molecule has 0 saturated heterocycles. The predicted molar refractivity (Wildman–Crippen MR) is 191 cm³/mol. The van der Waals surface area contributed by atoms with Gasteiger partial charge < -0.3 is 4.90 Å². The lowest BCUT2D eigenvalue weighted by molar-refractivity contribution is 0.337. The number of pyridine rings is 1. The van der Waals surface area contributed by atoms with Crippen molar-refractivity contribution in [2.75, 3.05) is 4.90 Å². The van der Waals surface area contributed by atoms with E-state index >= 15 is 0 Å². The van der Waals surface area contributed by atoms with Crippen LogP contribution in [-0.2, 0) is 0 Å². The van der Waals surface area contributed by atoms with Crippen molar-refractivity contribution in [1.82, 2.24) is 4.98 Å². The van der Waals surface area contributed by atoms with E-state index in [1.165, 1.54) is 49.0 Å². The molecule has 0 bridgehead atoms. The fraction of sp³-hybridized carbons (Fsp3) is 0.143. The Morgan fingerprint density at radius 1 is 0.489 bits per heavy atom. The Kier molecular flexibility index (Phi) is 6.15. The summed E-state index contributed by atoms with van der Waals surface area (Å²) in [5.74, 6) is 1.86. The standard InChI is InChI=1S/C42H35N3/c1-41(2)42(3,4)45(40(44-41)29-15-6-5-7-16-29)37-25-24-32(27-43-37)39-35-20-12-10-18-33(35)38(34-19-11-13-21-36(34)39)31-23-22-28-14-8-9-17-30(28)26-31/h5-27H,1-4H3. The molecule has 1 aliphatic rings. The van der Waals surface area contributed by atoms with Crippen LogP contribution in [0.15, 0.2) is 145 Å². The van der Waals surface area contributed by atoms with Gasteiger partial charge in [-0.15, -0.1) is 0 Å². The smallest absolute Gasteiger partial charge is 0.137 e. The molecule has 0 spiro atoms. The highest BCUT2D eigenvalue weighted by molar-refractivity contribution is 6.21. The average molecular weight is 582 g/mol. The topological polar surface area (TPSA) is 28.5 Å². The molecule has 0 aliphatic carbocycles. The first-order valence-electron chi connectivity index (χ1n) is 15.7. The first kappa shape index (κ1) is 27.3. The lowest BCUT2D eigenvalue weighted by Gasteiger charge is -2.40. The molecule has 1 aromatic heterocycles. The van der Waals surface area contributed by atoms with Gasteiger partial charge in [-0.25, -0.2) is 4.98 Å². The number of hydrogen-bond acceptors (Lipinski definition) is 3. The largest absolute Gasteiger partial charge is 0.303 e. The molecule has 0 N–H and O–H groups in total. The van der Waals surface area contributed by atoms with E-state index in [-0.39, 0.29) is 11.1 Å². The van der Waals surface area contributed by atoms with Crippen LogP contribution in [0.3, 0.4) is 0 Å². The van der Waals surface area contributed by atoms with Crippen LogP contribution in [-0.4, -0.2) is 21.9 Å². The first-order valence-corrected chi connectivity index (χ1v) is 15.7. The van der Waals surface area contributed by atoms with Crippen molar-refractivity contribution in [2.24, 2.45) is 4.99 Å². The van der Waals surface area contributed by atoms with Crippen LogP contribution < -0.4 is 4.90 Å². The van der Waals surface area contributed by atoms with Crippen LogP contribution in [0.25, 0.3) is 54.6 Å². The number of aliphatic imine (C=N–C) groups is 1. The summed E-state index contributed by atoms with van der Waals surface area (Å²) in [5.41, 5.74) is 5.35. The molecular weight excluding hydrogens is 546 g/mol. The van der Waals surface area contributed by atoms with Crippen molar-refractivity contribution in [3.63, 3.8) is 0 Å². The quantitative estimate of drug-likeness (QED) is 0.193. The Labute approximate surface area is 264 Å². The molecule has 1 aliphatic heterocycles. The molecule has 0 unspecified atom stereocenters. The van der Waals surface area contributed by atoms with Gasteiger partial charge in [-0.2, -0.15) is 0 Å². The van der Waals surface area contributed by atoms with Crippen LogP contribution in [0, 0.1) is 0 Å². The van der Waals surface area contributed by atoms with Crippen molar-refractivity contribution >= 4 is 44.0 Å². The Balaban J connectivity index is 1.31. The molecule has 8 rings (SSSR count). The molecule has 218 valence electrons. The van der Waals surface area contributed by atoms with Crippen LogP contribution in [0.4, 0.5) is 5.82 Å². The number of benzene rings is 6. The summed E-state index contributed by atoms with van der Waals surface area (Å²) in [6.07, 6.45) is 2.04. The third-order valence-electron chi connectivity index (χ3n) is 9.92. The minimum Gasteiger partial charge on any atom is -0.303 e. The number of hydrogen-bond donors (Lipinski definition) is 0. The summed E-state index contributed by atoms with van der Waals surface area (Å²) in [4.78, 5) is 12.7. The maximum absolute atomic E-state index is 5.22. The summed E-state index contributed by atoms with van der Waals surface area (Å²) < 4.78 is 0. The highest BCUT2D eigenvalue weighted by atomic mass is 15.4. The average Bonchev–Trinajstić information content (AvgIpc) is 3.26. The van der Waals surface area contributed by atoms with Crippen LogP contribution in [0.1, 0.15) is 33.3 Å². The number of amidine groups is 1. The lowest BCUT2D eigenvalue weighted by Crippen LogP contribution is -2.53. The van der Waals surface area contributed by atoms with Gasteiger partial charge in [0.2, 0.25) is 0 Å². The number of rotatable bonds is 4. The zero-order chi connectivity index (χ0) is 30.8. The van der Waals surface area contributed by atoms with Gasteiger partial charge in [0.25, 0.3) is 0 Å². The molecule has 0 amide bonds. The molecule has 2 heterocycles. The number of aromatic nitrogens is 1. The molecule has 6 aromatic carbocycles. The maximum Gasteiger partial charge on any atom is 0.137 e. The van der Waals surface area contributed by atoms with E-state index < -0.39 is 0 Å². The van der Waals surface area contributed by atoms with E-state index in [1.54, 1.807) is 0 Å². The van der Waals surface area contributed by atoms with E-state index in [0.29, 0.717) is 0 Å². The Morgan fingerprint density at radius 3 is 1.62 bits per heavy atom. The number of fused-ring (bicyclic) bond motifs is 3. The van der Waals surface area contributed by atoms with Crippen molar-refractivity contribution in [3.8, 4) is 22.3 Å². The van der Waals surface area contributed by atoms with E-state index in [0.717, 1.165) is 22.8 Å². The normalized spacial score (nSPS) is 15.6. The van der Waals surface area contributed by atoms with Crippen molar-refractivity contribution in [3.05, 3.63) is 145 Å². The second-order valence-corrected chi connectivity index (χ2v) is 13.1. The van der Waals surface area contributed by atoms with Gasteiger partial charge in [0.15, 0.2) is 0 Å². The molecular formula is C42H35N3. The van der Waals surface area contributed by atoms with E-state index in [9.17, 15) is 0 Å². The van der Waals surface area contributed by atoms with E-state index in [2.05, 4.69) is 160 Å². The van der Waals surface area contributed by atoms with Gasteiger partial charge in [-0.1, -0.05) is 115 Å². The molecule has 0 fully saturated rings. The fourth-order valence-electron chi connectivity index (χ4n) is 6.93. The zero-order valence-corrected chi connectivity index (χ0v) is 26.1. The monoisotopic (exact) mass is 581 g/mol. The zero-order valence-electron chi connectivity index (χ0n) is 26.1. The van der Waals surface area contributed by atoms with Crippen molar-refractivity contribution in [2.45, 2.75) is 38.8 Å². The third kappa shape index (κ3) is 4.26. The molecule has 0 radical (unpaired) electrons. The molecule has 45 heavy (non-hydrogen) atoms. The second-order valence-electron chi connectivity index (χ2n) is 13.1. The van der Waals surface area contributed by atoms with Gasteiger partial charge in [-0.05, 0) is 94.9 Å². The van der Waals surface area contributed by atoms with Crippen LogP contribution >= 0.6 is 0 Å². The number of anilines is 1. The predicted octanol–water partition coefficient (Wildman–Crippen LogP) is 10.7. The maximum atomic E-state index is 5.22. The van der Waals surface area contributed by atoms with E-state index in [1.807, 2.05) is 12.3 Å². The molecule has 0 saturated carbocycles. The Hall–Kier alpha value is -5.28. The highest BCUT2D eigenvalue weighted by Gasteiger charge is 2.50. The Bertz CT molecular complexity index is 2200. The van der Waals surface area contributed by atoms with Crippen molar-refractivity contribution < 1.29 is 0 Å². The van der Waals surface area contributed by atoms with Crippen LogP contribution in [0.5, 0.6) is 0 Å². The summed E-state index contributed by atoms with van der Waals surface area (Å²) in [5, 5.41) is 7.44. The summed E-state index contributed by atoms with van der Waals surface area (Å²) in [6.45, 7) is 8.93. The second kappa shape index (κ2) is 10.1. The Morgan fingerprint density at radius 2 is 1.02 bits per heavy atom. The summed E-state index contributed by atoms with van der Waals surface area (Å²) >= 11 is 0. The molecule has 0 atom stereocenters. The molecule has 7 aromatic rings. The van der Waals surface area contributed by atoms with Crippen molar-refractivity contribution in [1.29, 1.82) is 0 Å². The highest BCUT2D eigenvalue weighted by Crippen LogP contribution is 2.45. The third-order valence-corrected chi connectivity index (χ3v) is 9.92. The summed E-state index contributed by atoms with van der Waals surface area (Å²) in [7, 11) is 0.